The summed E-state index contributed by atoms with van der Waals surface area (Å²) in [6, 6.07) is 7.57. The lowest BCUT2D eigenvalue weighted by Gasteiger charge is -2.23. The van der Waals surface area contributed by atoms with Crippen LogP contribution in [-0.4, -0.2) is 22.5 Å². The van der Waals surface area contributed by atoms with Gasteiger partial charge in [-0.15, -0.1) is 0 Å². The van der Waals surface area contributed by atoms with Crippen LogP contribution >= 0.6 is 12.2 Å². The van der Waals surface area contributed by atoms with Gasteiger partial charge in [-0.2, -0.15) is 5.10 Å². The van der Waals surface area contributed by atoms with E-state index in [4.69, 9.17) is 12.2 Å². The van der Waals surface area contributed by atoms with E-state index in [0.717, 1.165) is 11.8 Å². The Hall–Kier alpha value is -1.62. The fourth-order valence-corrected chi connectivity index (χ4v) is 3.58. The summed E-state index contributed by atoms with van der Waals surface area (Å²) in [5.74, 6) is 1.89. The highest BCUT2D eigenvalue weighted by Gasteiger charge is 2.39. The highest BCUT2D eigenvalue weighted by Crippen LogP contribution is 2.44. The molecule has 20 heavy (non-hydrogen) atoms. The zero-order chi connectivity index (χ0) is 13.9. The van der Waals surface area contributed by atoms with E-state index >= 15 is 0 Å². The smallest absolute Gasteiger partial charge is 0.187 e. The van der Waals surface area contributed by atoms with Crippen molar-refractivity contribution in [1.82, 2.24) is 10.7 Å². The normalized spacial score (nSPS) is 27.9. The molecule has 5 heteroatoms. The molecule has 0 heterocycles. The number of hydrazone groups is 1. The molecule has 1 aromatic carbocycles. The lowest BCUT2D eigenvalue weighted by molar-refractivity contribution is 0.389. The lowest BCUT2D eigenvalue weighted by atomic mass is 9.96. The number of phenolic OH excluding ortho intramolecular Hbond substituents is 1. The van der Waals surface area contributed by atoms with Crippen LogP contribution in [-0.2, 0) is 0 Å². The van der Waals surface area contributed by atoms with Gasteiger partial charge in [-0.25, -0.2) is 0 Å². The topological polar surface area (TPSA) is 56.7 Å². The molecule has 1 aromatic rings. The number of thiocarbonyl (C=S) groups is 1. The van der Waals surface area contributed by atoms with Gasteiger partial charge in [0.2, 0.25) is 0 Å². The highest BCUT2D eigenvalue weighted by molar-refractivity contribution is 7.80. The van der Waals surface area contributed by atoms with Gasteiger partial charge in [0.1, 0.15) is 5.75 Å². The minimum absolute atomic E-state index is 0.213. The zero-order valence-electron chi connectivity index (χ0n) is 11.2. The molecule has 0 saturated heterocycles. The molecular weight excluding hydrogens is 270 g/mol. The van der Waals surface area contributed by atoms with Crippen molar-refractivity contribution in [2.75, 3.05) is 0 Å². The van der Waals surface area contributed by atoms with Crippen molar-refractivity contribution >= 4 is 23.5 Å². The maximum Gasteiger partial charge on any atom is 0.187 e. The standard InChI is InChI=1S/C15H19N3OS/c19-14-4-2-1-3-12(14)9-16-18-15(20)17-13-8-10-5-6-11(13)7-10/h1-4,9-11,13,19H,5-8H2,(H2,17,18,20)/b16-9+/t10-,11+,13-/m0/s1. The maximum atomic E-state index is 9.61. The molecule has 0 amide bonds. The van der Waals surface area contributed by atoms with Gasteiger partial charge in [0, 0.05) is 11.6 Å². The van der Waals surface area contributed by atoms with E-state index in [0.29, 0.717) is 16.7 Å². The van der Waals surface area contributed by atoms with Crippen molar-refractivity contribution in [2.45, 2.75) is 31.7 Å². The third-order valence-corrected chi connectivity index (χ3v) is 4.57. The summed E-state index contributed by atoms with van der Waals surface area (Å²) in [5, 5.41) is 17.6. The monoisotopic (exact) mass is 289 g/mol. The number of phenols is 1. The Labute approximate surface area is 124 Å². The molecule has 3 atom stereocenters. The third kappa shape index (κ3) is 2.93. The minimum Gasteiger partial charge on any atom is -0.507 e. The molecule has 0 aliphatic heterocycles. The van der Waals surface area contributed by atoms with E-state index < -0.39 is 0 Å². The largest absolute Gasteiger partial charge is 0.507 e. The molecule has 0 unspecified atom stereocenters. The summed E-state index contributed by atoms with van der Waals surface area (Å²) in [5.41, 5.74) is 3.49. The average Bonchev–Trinajstić information content (AvgIpc) is 3.03. The van der Waals surface area contributed by atoms with Crippen LogP contribution < -0.4 is 10.7 Å². The van der Waals surface area contributed by atoms with Crippen LogP contribution in [0.4, 0.5) is 0 Å². The van der Waals surface area contributed by atoms with Crippen molar-refractivity contribution in [3.8, 4) is 5.75 Å². The fraction of sp³-hybridized carbons (Fsp3) is 0.467. The number of fused-ring (bicyclic) bond motifs is 2. The maximum absolute atomic E-state index is 9.61. The number of hydrogen-bond acceptors (Lipinski definition) is 3. The second kappa shape index (κ2) is 5.79. The number of para-hydroxylation sites is 1. The van der Waals surface area contributed by atoms with Crippen molar-refractivity contribution < 1.29 is 5.11 Å². The van der Waals surface area contributed by atoms with E-state index in [9.17, 15) is 5.11 Å². The molecule has 3 rings (SSSR count). The molecule has 0 spiro atoms. The SMILES string of the molecule is Oc1ccccc1/C=N/NC(=S)N[C@H]1C[C@H]2CC[C@@H]1C2. The van der Waals surface area contributed by atoms with E-state index in [1.807, 2.05) is 6.07 Å². The summed E-state index contributed by atoms with van der Waals surface area (Å²) >= 11 is 5.26. The van der Waals surface area contributed by atoms with Gasteiger partial charge in [0.15, 0.2) is 5.11 Å². The number of aromatic hydroxyl groups is 1. The van der Waals surface area contributed by atoms with Crippen molar-refractivity contribution in [2.24, 2.45) is 16.9 Å². The molecule has 106 valence electrons. The van der Waals surface area contributed by atoms with Crippen LogP contribution in [0.5, 0.6) is 5.75 Å². The Kier molecular flexibility index (Phi) is 3.87. The Morgan fingerprint density at radius 3 is 2.85 bits per heavy atom. The second-order valence-corrected chi connectivity index (χ2v) is 6.09. The first-order valence-electron chi connectivity index (χ1n) is 7.10. The van der Waals surface area contributed by atoms with Crippen molar-refractivity contribution in [1.29, 1.82) is 0 Å². The highest BCUT2D eigenvalue weighted by atomic mass is 32.1. The van der Waals surface area contributed by atoms with Crippen LogP contribution in [0.3, 0.4) is 0 Å². The van der Waals surface area contributed by atoms with Crippen molar-refractivity contribution in [3.05, 3.63) is 29.8 Å². The van der Waals surface area contributed by atoms with Gasteiger partial charge in [-0.1, -0.05) is 18.6 Å². The molecule has 2 aliphatic rings. The Balaban J connectivity index is 1.49. The number of benzene rings is 1. The minimum atomic E-state index is 0.213. The molecule has 2 fully saturated rings. The summed E-state index contributed by atoms with van der Waals surface area (Å²) in [6.07, 6.45) is 6.86. The number of rotatable bonds is 3. The summed E-state index contributed by atoms with van der Waals surface area (Å²) in [6.45, 7) is 0. The summed E-state index contributed by atoms with van der Waals surface area (Å²) in [7, 11) is 0. The quantitative estimate of drug-likeness (QED) is 0.454. The van der Waals surface area contributed by atoms with Gasteiger partial charge < -0.3 is 10.4 Å². The van der Waals surface area contributed by atoms with E-state index in [1.54, 1.807) is 24.4 Å². The molecular formula is C15H19N3OS. The predicted octanol–water partition coefficient (Wildman–Crippen LogP) is 2.38. The first-order chi connectivity index (χ1) is 9.72. The van der Waals surface area contributed by atoms with Crippen LogP contribution in [0.15, 0.2) is 29.4 Å². The first-order valence-corrected chi connectivity index (χ1v) is 7.51. The van der Waals surface area contributed by atoms with E-state index in [1.165, 1.54) is 25.7 Å². The molecule has 0 aromatic heterocycles. The fourth-order valence-electron chi connectivity index (χ4n) is 3.38. The summed E-state index contributed by atoms with van der Waals surface area (Å²) in [4.78, 5) is 0. The Bertz CT molecular complexity index is 532. The molecule has 2 aliphatic carbocycles. The van der Waals surface area contributed by atoms with Crippen LogP contribution in [0, 0.1) is 11.8 Å². The van der Waals surface area contributed by atoms with Crippen LogP contribution in [0.1, 0.15) is 31.2 Å². The van der Waals surface area contributed by atoms with Gasteiger partial charge in [-0.05, 0) is 55.4 Å². The van der Waals surface area contributed by atoms with E-state index in [-0.39, 0.29) is 5.75 Å². The van der Waals surface area contributed by atoms with E-state index in [2.05, 4.69) is 15.8 Å². The summed E-state index contributed by atoms with van der Waals surface area (Å²) < 4.78 is 0. The zero-order valence-corrected chi connectivity index (χ0v) is 12.1. The number of hydrogen-bond donors (Lipinski definition) is 3. The second-order valence-electron chi connectivity index (χ2n) is 5.68. The Morgan fingerprint density at radius 2 is 2.15 bits per heavy atom. The average molecular weight is 289 g/mol. The number of nitrogens with zero attached hydrogens (tertiary/aromatic N) is 1. The molecule has 2 bridgehead atoms. The van der Waals surface area contributed by atoms with Crippen LogP contribution in [0.2, 0.25) is 0 Å². The molecule has 0 radical (unpaired) electrons. The van der Waals surface area contributed by atoms with Crippen molar-refractivity contribution in [3.63, 3.8) is 0 Å². The molecule has 4 nitrogen and oxygen atoms in total. The van der Waals surface area contributed by atoms with Crippen LogP contribution in [0.25, 0.3) is 0 Å². The lowest BCUT2D eigenvalue weighted by Crippen LogP contribution is -2.42. The number of nitrogens with one attached hydrogen (secondary N) is 2. The van der Waals surface area contributed by atoms with Gasteiger partial charge in [0.05, 0.1) is 6.21 Å². The first kappa shape index (κ1) is 13.4. The van der Waals surface area contributed by atoms with Gasteiger partial charge in [-0.3, -0.25) is 5.43 Å². The molecule has 3 N–H and O–H groups in total. The molecule has 2 saturated carbocycles. The third-order valence-electron chi connectivity index (χ3n) is 4.36. The van der Waals surface area contributed by atoms with Gasteiger partial charge >= 0.3 is 0 Å². The van der Waals surface area contributed by atoms with Gasteiger partial charge in [0.25, 0.3) is 0 Å². The Morgan fingerprint density at radius 1 is 1.30 bits per heavy atom. The predicted molar refractivity (Wildman–Crippen MR) is 83.8 cm³/mol.